The molecule has 0 radical (unpaired) electrons. The van der Waals surface area contributed by atoms with Crippen molar-refractivity contribution in [1.82, 2.24) is 10.2 Å². The van der Waals surface area contributed by atoms with Gasteiger partial charge in [0.2, 0.25) is 0 Å². The third kappa shape index (κ3) is 7.19. The molecular formula is C24H22Cl2F6N2O4S. The molecule has 2 atom stereocenters. The highest BCUT2D eigenvalue weighted by Gasteiger charge is 2.48. The number of halogens is 8. The summed E-state index contributed by atoms with van der Waals surface area (Å²) in [6, 6.07) is 4.58. The lowest BCUT2D eigenvalue weighted by atomic mass is 9.90. The number of hydrogen-bond donors (Lipinski definition) is 1. The van der Waals surface area contributed by atoms with Gasteiger partial charge in [0.05, 0.1) is 27.2 Å². The van der Waals surface area contributed by atoms with Crippen molar-refractivity contribution in [3.8, 4) is 5.75 Å². The van der Waals surface area contributed by atoms with E-state index in [1.807, 2.05) is 4.90 Å². The van der Waals surface area contributed by atoms with E-state index in [4.69, 9.17) is 23.2 Å². The van der Waals surface area contributed by atoms with E-state index in [0.29, 0.717) is 32.0 Å². The van der Waals surface area contributed by atoms with Crippen LogP contribution in [-0.2, 0) is 16.3 Å². The minimum absolute atomic E-state index is 0.137. The molecule has 1 aliphatic heterocycles. The van der Waals surface area contributed by atoms with Crippen LogP contribution >= 0.6 is 23.2 Å². The van der Waals surface area contributed by atoms with Crippen LogP contribution in [-0.4, -0.2) is 43.9 Å². The summed E-state index contributed by atoms with van der Waals surface area (Å²) in [6.07, 6.45) is -1.30. The van der Waals surface area contributed by atoms with Crippen LogP contribution in [0.25, 0.3) is 0 Å². The largest absolute Gasteiger partial charge is 0.534 e. The van der Waals surface area contributed by atoms with Crippen molar-refractivity contribution < 1.29 is 43.7 Å². The quantitative estimate of drug-likeness (QED) is 0.153. The van der Waals surface area contributed by atoms with E-state index in [1.165, 1.54) is 12.1 Å². The van der Waals surface area contributed by atoms with E-state index in [1.54, 1.807) is 6.08 Å². The topological polar surface area (TPSA) is 75.7 Å². The lowest BCUT2D eigenvalue weighted by Gasteiger charge is -2.40. The molecule has 0 aromatic heterocycles. The van der Waals surface area contributed by atoms with Gasteiger partial charge in [-0.25, -0.2) is 0 Å². The highest BCUT2D eigenvalue weighted by molar-refractivity contribution is 7.88. The number of carbonyl (C=O) groups is 1. The summed E-state index contributed by atoms with van der Waals surface area (Å²) in [7, 11) is -5.99. The van der Waals surface area contributed by atoms with Gasteiger partial charge in [0.15, 0.2) is 0 Å². The fourth-order valence-corrected chi connectivity index (χ4v) is 5.42. The molecule has 1 unspecified atom stereocenters. The first-order chi connectivity index (χ1) is 18.1. The number of nitrogens with zero attached hydrogens (tertiary/aromatic N) is 1. The number of amides is 1. The van der Waals surface area contributed by atoms with Gasteiger partial charge in [-0.15, -0.1) is 6.58 Å². The number of piperidine rings is 1. The first kappa shape index (κ1) is 31.1. The minimum atomic E-state index is -5.99. The lowest BCUT2D eigenvalue weighted by molar-refractivity contribution is -0.137. The number of carbonyl (C=O) groups excluding carboxylic acids is 1. The van der Waals surface area contributed by atoms with Crippen LogP contribution in [0.5, 0.6) is 5.75 Å². The summed E-state index contributed by atoms with van der Waals surface area (Å²) in [5.74, 6) is -1.75. The second-order valence-electron chi connectivity index (χ2n) is 8.64. The Labute approximate surface area is 230 Å². The number of likely N-dealkylation sites (tertiary alicyclic amines) is 1. The van der Waals surface area contributed by atoms with Crippen molar-refractivity contribution in [2.75, 3.05) is 13.1 Å². The molecule has 1 heterocycles. The standard InChI is InChI=1S/C24H22Cl2F6N2O4S/c1-2-11-34-12-4-3-8-18(34)21(14-6-5-7-15(13-14)38-39(36,37)24(30,31)32)33-22(35)19-17(25)10-9-16(20(19)26)23(27,28)29/h2,5-7,9-10,13,18,21H,1,3-4,8,11-12H2,(H,33,35)/t18-,21?/m0/s1. The van der Waals surface area contributed by atoms with Crippen LogP contribution in [0.1, 0.15) is 46.8 Å². The molecule has 0 saturated carbocycles. The predicted molar refractivity (Wildman–Crippen MR) is 133 cm³/mol. The SMILES string of the molecule is C=CCN1CCCC[C@H]1C(NC(=O)c1c(Cl)ccc(C(F)(F)F)c1Cl)c1cccc(OS(=O)(=O)C(F)(F)F)c1. The summed E-state index contributed by atoms with van der Waals surface area (Å²) in [6.45, 7) is 4.62. The van der Waals surface area contributed by atoms with Gasteiger partial charge in [-0.3, -0.25) is 9.69 Å². The second kappa shape index (κ2) is 11.9. The normalized spacial score (nSPS) is 17.9. The van der Waals surface area contributed by atoms with Crippen LogP contribution in [0, 0.1) is 0 Å². The predicted octanol–water partition coefficient (Wildman–Crippen LogP) is 6.75. The molecule has 1 amide bonds. The summed E-state index contributed by atoms with van der Waals surface area (Å²) >= 11 is 12.0. The molecule has 1 N–H and O–H groups in total. The molecule has 0 aliphatic carbocycles. The molecular weight excluding hydrogens is 597 g/mol. The monoisotopic (exact) mass is 618 g/mol. The summed E-state index contributed by atoms with van der Waals surface area (Å²) in [5.41, 5.74) is -7.47. The maximum Gasteiger partial charge on any atom is 0.534 e. The van der Waals surface area contributed by atoms with Gasteiger partial charge in [0, 0.05) is 12.6 Å². The zero-order valence-electron chi connectivity index (χ0n) is 20.0. The van der Waals surface area contributed by atoms with Crippen molar-refractivity contribution in [2.24, 2.45) is 0 Å². The van der Waals surface area contributed by atoms with Crippen LogP contribution in [0.15, 0.2) is 49.1 Å². The molecule has 2 aromatic rings. The first-order valence-electron chi connectivity index (χ1n) is 11.4. The van der Waals surface area contributed by atoms with Crippen molar-refractivity contribution in [3.05, 3.63) is 75.8 Å². The van der Waals surface area contributed by atoms with E-state index < -0.39 is 61.7 Å². The zero-order valence-corrected chi connectivity index (χ0v) is 22.3. The van der Waals surface area contributed by atoms with E-state index in [2.05, 4.69) is 16.1 Å². The summed E-state index contributed by atoms with van der Waals surface area (Å²) in [5, 5.41) is 1.33. The Balaban J connectivity index is 2.07. The highest BCUT2D eigenvalue weighted by Crippen LogP contribution is 2.39. The maximum absolute atomic E-state index is 13.4. The summed E-state index contributed by atoms with van der Waals surface area (Å²) in [4.78, 5) is 15.3. The fraction of sp³-hybridized carbons (Fsp3) is 0.375. The van der Waals surface area contributed by atoms with Crippen LogP contribution < -0.4 is 9.50 Å². The van der Waals surface area contributed by atoms with Crippen molar-refractivity contribution >= 4 is 39.2 Å². The van der Waals surface area contributed by atoms with Gasteiger partial charge in [-0.05, 0) is 49.2 Å². The zero-order chi connectivity index (χ0) is 29.2. The Bertz CT molecular complexity index is 1330. The molecule has 0 spiro atoms. The number of nitrogens with one attached hydrogen (secondary N) is 1. The number of benzene rings is 2. The number of alkyl halides is 6. The van der Waals surface area contributed by atoms with E-state index in [0.717, 1.165) is 24.6 Å². The molecule has 214 valence electrons. The minimum Gasteiger partial charge on any atom is -0.376 e. The Morgan fingerprint density at radius 3 is 2.46 bits per heavy atom. The second-order valence-corrected chi connectivity index (χ2v) is 11.0. The van der Waals surface area contributed by atoms with E-state index >= 15 is 0 Å². The maximum atomic E-state index is 13.4. The van der Waals surface area contributed by atoms with Gasteiger partial charge >= 0.3 is 21.8 Å². The Hall–Kier alpha value is -2.48. The number of rotatable bonds is 8. The average molecular weight is 619 g/mol. The van der Waals surface area contributed by atoms with Gasteiger partial charge in [0.1, 0.15) is 5.75 Å². The smallest absolute Gasteiger partial charge is 0.376 e. The molecule has 1 saturated heterocycles. The highest BCUT2D eigenvalue weighted by atomic mass is 35.5. The molecule has 3 rings (SSSR count). The van der Waals surface area contributed by atoms with Crippen molar-refractivity contribution in [1.29, 1.82) is 0 Å². The Morgan fingerprint density at radius 2 is 1.85 bits per heavy atom. The van der Waals surface area contributed by atoms with Crippen LogP contribution in [0.3, 0.4) is 0 Å². The van der Waals surface area contributed by atoms with Gasteiger partial charge in [0.25, 0.3) is 5.91 Å². The third-order valence-corrected chi connectivity index (χ3v) is 7.72. The number of hydrogen-bond acceptors (Lipinski definition) is 5. The van der Waals surface area contributed by atoms with Gasteiger partial charge in [-0.1, -0.05) is 47.8 Å². The van der Waals surface area contributed by atoms with E-state index in [9.17, 15) is 39.6 Å². The summed E-state index contributed by atoms with van der Waals surface area (Å²) < 4.78 is 106. The molecule has 6 nitrogen and oxygen atoms in total. The van der Waals surface area contributed by atoms with Crippen LogP contribution in [0.4, 0.5) is 26.3 Å². The van der Waals surface area contributed by atoms with E-state index in [-0.39, 0.29) is 10.6 Å². The molecule has 1 aliphatic rings. The third-order valence-electron chi connectivity index (χ3n) is 6.03. The lowest BCUT2D eigenvalue weighted by Crippen LogP contribution is -2.49. The van der Waals surface area contributed by atoms with Crippen LogP contribution in [0.2, 0.25) is 10.0 Å². The van der Waals surface area contributed by atoms with Gasteiger partial charge < -0.3 is 9.50 Å². The van der Waals surface area contributed by atoms with Crippen molar-refractivity contribution in [3.63, 3.8) is 0 Å². The average Bonchev–Trinajstić information content (AvgIpc) is 2.81. The molecule has 0 bridgehead atoms. The van der Waals surface area contributed by atoms with Gasteiger partial charge in [-0.2, -0.15) is 34.8 Å². The molecule has 39 heavy (non-hydrogen) atoms. The first-order valence-corrected chi connectivity index (χ1v) is 13.5. The van der Waals surface area contributed by atoms with Crippen molar-refractivity contribution in [2.45, 2.75) is 43.0 Å². The fourth-order valence-electron chi connectivity index (χ4n) is 4.32. The Kier molecular flexibility index (Phi) is 9.51. The molecule has 2 aromatic carbocycles. The molecule has 1 fully saturated rings. The molecule has 15 heteroatoms. The Morgan fingerprint density at radius 1 is 1.15 bits per heavy atom.